The fourth-order valence-electron chi connectivity index (χ4n) is 1.47. The number of ether oxygens (including phenoxy) is 2. The van der Waals surface area contributed by atoms with Crippen molar-refractivity contribution < 1.29 is 14.3 Å². The van der Waals surface area contributed by atoms with Crippen LogP contribution < -0.4 is 5.32 Å². The Morgan fingerprint density at radius 3 is 2.80 bits per heavy atom. The minimum absolute atomic E-state index is 0.0260. The van der Waals surface area contributed by atoms with Crippen molar-refractivity contribution in [3.63, 3.8) is 0 Å². The lowest BCUT2D eigenvalue weighted by Crippen LogP contribution is -2.20. The van der Waals surface area contributed by atoms with Gasteiger partial charge in [0.15, 0.2) is 0 Å². The zero-order valence-corrected chi connectivity index (χ0v) is 11.9. The molecule has 0 saturated heterocycles. The highest BCUT2D eigenvalue weighted by molar-refractivity contribution is 5.91. The molecule has 5 heteroatoms. The number of hydrogen-bond acceptors (Lipinski definition) is 4. The van der Waals surface area contributed by atoms with E-state index in [9.17, 15) is 4.79 Å². The Bertz CT molecular complexity index is 466. The molecule has 0 radical (unpaired) electrons. The first-order valence-corrected chi connectivity index (χ1v) is 6.57. The van der Waals surface area contributed by atoms with Gasteiger partial charge in [-0.3, -0.25) is 4.79 Å². The summed E-state index contributed by atoms with van der Waals surface area (Å²) in [4.78, 5) is 11.6. The van der Waals surface area contributed by atoms with Crippen LogP contribution in [0.5, 0.6) is 0 Å². The number of nitrogens with zero attached hydrogens (tertiary/aromatic N) is 1. The summed E-state index contributed by atoms with van der Waals surface area (Å²) in [6.45, 7) is 5.68. The van der Waals surface area contributed by atoms with Gasteiger partial charge in [0.25, 0.3) is 0 Å². The van der Waals surface area contributed by atoms with Crippen molar-refractivity contribution in [2.24, 2.45) is 5.92 Å². The number of hydrogen-bond donors (Lipinski definition) is 1. The minimum atomic E-state index is -0.246. The second kappa shape index (κ2) is 9.08. The number of rotatable bonds is 8. The van der Waals surface area contributed by atoms with Crippen LogP contribution in [-0.2, 0) is 14.3 Å². The van der Waals surface area contributed by atoms with Gasteiger partial charge < -0.3 is 14.8 Å². The fourth-order valence-corrected chi connectivity index (χ4v) is 1.47. The van der Waals surface area contributed by atoms with E-state index < -0.39 is 0 Å². The molecule has 5 nitrogen and oxygen atoms in total. The van der Waals surface area contributed by atoms with Crippen molar-refractivity contribution in [1.29, 1.82) is 5.26 Å². The second-order valence-corrected chi connectivity index (χ2v) is 4.76. The number of carbonyl (C=O) groups excluding carboxylic acids is 1. The SMILES string of the molecule is CC(C)COCCOCC(=O)Nc1cccc(C#N)c1. The third kappa shape index (κ3) is 6.88. The molecule has 0 aliphatic heterocycles. The van der Waals surface area contributed by atoms with Crippen molar-refractivity contribution in [2.75, 3.05) is 31.7 Å². The normalized spacial score (nSPS) is 10.3. The number of anilines is 1. The van der Waals surface area contributed by atoms with Gasteiger partial charge in [-0.2, -0.15) is 5.26 Å². The second-order valence-electron chi connectivity index (χ2n) is 4.76. The van der Waals surface area contributed by atoms with Crippen molar-refractivity contribution in [1.82, 2.24) is 0 Å². The highest BCUT2D eigenvalue weighted by atomic mass is 16.5. The number of carbonyl (C=O) groups is 1. The molecule has 20 heavy (non-hydrogen) atoms. The van der Waals surface area contributed by atoms with E-state index in [1.165, 1.54) is 0 Å². The zero-order chi connectivity index (χ0) is 14.8. The van der Waals surface area contributed by atoms with E-state index in [4.69, 9.17) is 14.7 Å². The summed E-state index contributed by atoms with van der Waals surface area (Å²) in [5.74, 6) is 0.245. The van der Waals surface area contributed by atoms with Crippen molar-refractivity contribution in [3.05, 3.63) is 29.8 Å². The van der Waals surface area contributed by atoms with Crippen molar-refractivity contribution in [3.8, 4) is 6.07 Å². The summed E-state index contributed by atoms with van der Waals surface area (Å²) >= 11 is 0. The van der Waals surface area contributed by atoms with Gasteiger partial charge in [0, 0.05) is 12.3 Å². The van der Waals surface area contributed by atoms with Gasteiger partial charge in [-0.25, -0.2) is 0 Å². The maximum atomic E-state index is 11.6. The molecule has 1 N–H and O–H groups in total. The summed E-state index contributed by atoms with van der Waals surface area (Å²) in [6, 6.07) is 8.75. The van der Waals surface area contributed by atoms with Gasteiger partial charge in [0.1, 0.15) is 6.61 Å². The number of nitrogens with one attached hydrogen (secondary N) is 1. The maximum absolute atomic E-state index is 11.6. The fraction of sp³-hybridized carbons (Fsp3) is 0.467. The molecular formula is C15H20N2O3. The topological polar surface area (TPSA) is 71.3 Å². The molecule has 1 aromatic rings. The Morgan fingerprint density at radius 2 is 2.10 bits per heavy atom. The minimum Gasteiger partial charge on any atom is -0.379 e. The zero-order valence-electron chi connectivity index (χ0n) is 11.9. The molecule has 0 atom stereocenters. The van der Waals surface area contributed by atoms with Gasteiger partial charge in [-0.05, 0) is 24.1 Å². The Hall–Kier alpha value is -1.90. The lowest BCUT2D eigenvalue weighted by atomic mass is 10.2. The van der Waals surface area contributed by atoms with Crippen LogP contribution >= 0.6 is 0 Å². The Balaban J connectivity index is 2.19. The molecule has 0 bridgehead atoms. The number of benzene rings is 1. The molecule has 0 aliphatic rings. The molecule has 1 amide bonds. The molecule has 0 aliphatic carbocycles. The first-order valence-electron chi connectivity index (χ1n) is 6.57. The standard InChI is InChI=1S/C15H20N2O3/c1-12(2)10-19-6-7-20-11-15(18)17-14-5-3-4-13(8-14)9-16/h3-5,8,12H,6-7,10-11H2,1-2H3,(H,17,18). The summed E-state index contributed by atoms with van der Waals surface area (Å²) in [7, 11) is 0. The van der Waals surface area contributed by atoms with Crippen LogP contribution in [0, 0.1) is 17.2 Å². The molecule has 0 fully saturated rings. The summed E-state index contributed by atoms with van der Waals surface area (Å²) in [5, 5.41) is 11.4. The summed E-state index contributed by atoms with van der Waals surface area (Å²) < 4.78 is 10.5. The highest BCUT2D eigenvalue weighted by Crippen LogP contribution is 2.09. The van der Waals surface area contributed by atoms with Crippen LogP contribution in [-0.4, -0.2) is 32.3 Å². The largest absolute Gasteiger partial charge is 0.379 e. The molecule has 1 aromatic carbocycles. The maximum Gasteiger partial charge on any atom is 0.250 e. The van der Waals surface area contributed by atoms with E-state index in [0.717, 1.165) is 0 Å². The molecule has 108 valence electrons. The molecule has 0 unspecified atom stereocenters. The average Bonchev–Trinajstić information content (AvgIpc) is 2.42. The van der Waals surface area contributed by atoms with Crippen LogP contribution in [0.15, 0.2) is 24.3 Å². The Morgan fingerprint density at radius 1 is 1.35 bits per heavy atom. The van der Waals surface area contributed by atoms with E-state index in [1.54, 1.807) is 24.3 Å². The van der Waals surface area contributed by atoms with E-state index in [0.29, 0.717) is 37.0 Å². The van der Waals surface area contributed by atoms with Crippen LogP contribution in [0.3, 0.4) is 0 Å². The molecule has 0 saturated carbocycles. The van der Waals surface area contributed by atoms with Gasteiger partial charge in [-0.1, -0.05) is 19.9 Å². The van der Waals surface area contributed by atoms with E-state index in [-0.39, 0.29) is 12.5 Å². The molecule has 0 aromatic heterocycles. The van der Waals surface area contributed by atoms with Crippen molar-refractivity contribution >= 4 is 11.6 Å². The van der Waals surface area contributed by atoms with Crippen LogP contribution in [0.2, 0.25) is 0 Å². The predicted molar refractivity (Wildman–Crippen MR) is 76.3 cm³/mol. The lowest BCUT2D eigenvalue weighted by molar-refractivity contribution is -0.121. The quantitative estimate of drug-likeness (QED) is 0.739. The van der Waals surface area contributed by atoms with Gasteiger partial charge in [-0.15, -0.1) is 0 Å². The first kappa shape index (κ1) is 16.2. The average molecular weight is 276 g/mol. The molecular weight excluding hydrogens is 256 g/mol. The Kier molecular flexibility index (Phi) is 7.33. The third-order valence-electron chi connectivity index (χ3n) is 2.33. The van der Waals surface area contributed by atoms with E-state index >= 15 is 0 Å². The van der Waals surface area contributed by atoms with Crippen molar-refractivity contribution in [2.45, 2.75) is 13.8 Å². The highest BCUT2D eigenvalue weighted by Gasteiger charge is 2.03. The van der Waals surface area contributed by atoms with Crippen LogP contribution in [0.4, 0.5) is 5.69 Å². The van der Waals surface area contributed by atoms with E-state index in [2.05, 4.69) is 19.2 Å². The molecule has 0 heterocycles. The number of amides is 1. The predicted octanol–water partition coefficient (Wildman–Crippen LogP) is 2.19. The van der Waals surface area contributed by atoms with Gasteiger partial charge >= 0.3 is 0 Å². The van der Waals surface area contributed by atoms with Gasteiger partial charge in [0.2, 0.25) is 5.91 Å². The lowest BCUT2D eigenvalue weighted by Gasteiger charge is -2.08. The van der Waals surface area contributed by atoms with E-state index in [1.807, 2.05) is 6.07 Å². The number of nitriles is 1. The summed E-state index contributed by atoms with van der Waals surface area (Å²) in [6.07, 6.45) is 0. The van der Waals surface area contributed by atoms with Gasteiger partial charge in [0.05, 0.1) is 24.8 Å². The smallest absolute Gasteiger partial charge is 0.250 e. The first-order chi connectivity index (χ1) is 9.61. The molecule has 0 spiro atoms. The molecule has 1 rings (SSSR count). The Labute approximate surface area is 119 Å². The van der Waals surface area contributed by atoms with Crippen LogP contribution in [0.1, 0.15) is 19.4 Å². The summed E-state index contributed by atoms with van der Waals surface area (Å²) in [5.41, 5.74) is 1.10. The third-order valence-corrected chi connectivity index (χ3v) is 2.33. The van der Waals surface area contributed by atoms with Crippen LogP contribution in [0.25, 0.3) is 0 Å². The monoisotopic (exact) mass is 276 g/mol.